The molecule has 0 unspecified atom stereocenters. The van der Waals surface area contributed by atoms with Gasteiger partial charge in [-0.25, -0.2) is 9.38 Å². The molecule has 0 aliphatic carbocycles. The Balaban J connectivity index is 1.45. The van der Waals surface area contributed by atoms with Crippen LogP contribution in [-0.4, -0.2) is 38.3 Å². The van der Waals surface area contributed by atoms with Crippen LogP contribution in [0.2, 0.25) is 0 Å². The zero-order valence-corrected chi connectivity index (χ0v) is 17.6. The molecule has 0 saturated heterocycles. The summed E-state index contributed by atoms with van der Waals surface area (Å²) < 4.78 is 19.8. The molecule has 0 amide bonds. The van der Waals surface area contributed by atoms with Crippen molar-refractivity contribution >= 4 is 34.3 Å². The van der Waals surface area contributed by atoms with E-state index in [-0.39, 0.29) is 11.4 Å². The molecule has 4 rings (SSSR count). The van der Waals surface area contributed by atoms with Crippen molar-refractivity contribution < 1.29 is 14.2 Å². The normalized spacial score (nSPS) is 13.5. The lowest BCUT2D eigenvalue weighted by atomic mass is 10.2. The quantitative estimate of drug-likeness (QED) is 0.470. The third-order valence-electron chi connectivity index (χ3n) is 4.65. The van der Waals surface area contributed by atoms with E-state index in [2.05, 4.69) is 25.4 Å². The van der Waals surface area contributed by atoms with Crippen molar-refractivity contribution in [1.29, 1.82) is 0 Å². The van der Waals surface area contributed by atoms with Gasteiger partial charge in [0.2, 0.25) is 5.90 Å². The highest BCUT2D eigenvalue weighted by Crippen LogP contribution is 2.30. The van der Waals surface area contributed by atoms with E-state index < -0.39 is 5.82 Å². The first-order chi connectivity index (χ1) is 15.5. The van der Waals surface area contributed by atoms with Gasteiger partial charge in [-0.1, -0.05) is 0 Å². The van der Waals surface area contributed by atoms with Gasteiger partial charge >= 0.3 is 0 Å². The molecule has 0 radical (unpaired) electrons. The molecule has 0 atom stereocenters. The number of aliphatic imine (C=N–C) groups is 1. The van der Waals surface area contributed by atoms with E-state index in [1.54, 1.807) is 18.2 Å². The van der Waals surface area contributed by atoms with E-state index in [1.807, 2.05) is 43.3 Å². The van der Waals surface area contributed by atoms with Crippen molar-refractivity contribution in [3.05, 3.63) is 72.0 Å². The fourth-order valence-corrected chi connectivity index (χ4v) is 2.94. The van der Waals surface area contributed by atoms with Crippen LogP contribution in [0.1, 0.15) is 5.56 Å². The molecule has 0 fully saturated rings. The van der Waals surface area contributed by atoms with Crippen molar-refractivity contribution in [1.82, 2.24) is 0 Å². The van der Waals surface area contributed by atoms with E-state index in [4.69, 9.17) is 4.74 Å². The summed E-state index contributed by atoms with van der Waals surface area (Å²) in [4.78, 5) is 6.15. The SMILES string of the molecule is CN(C)c1ccc(/N=N/c2ccc(/N=N/c3ccc(C4=NCCO4)c(O)c3)c(F)c2)cc1. The fourth-order valence-electron chi connectivity index (χ4n) is 2.94. The molecule has 9 heteroatoms. The molecule has 1 heterocycles. The van der Waals surface area contributed by atoms with Gasteiger partial charge in [0.05, 0.1) is 29.2 Å². The number of phenolic OH excluding ortho intramolecular Hbond substituents is 1. The van der Waals surface area contributed by atoms with Gasteiger partial charge in [-0.2, -0.15) is 15.3 Å². The van der Waals surface area contributed by atoms with Crippen LogP contribution in [0, 0.1) is 5.82 Å². The second-order valence-electron chi connectivity index (χ2n) is 7.18. The standard InChI is InChI=1S/C23H21FN6O2/c1-30(2)18-7-3-15(4-8-18)26-27-16-6-10-21(20(24)13-16)29-28-17-5-9-19(22(31)14-17)23-25-11-12-32-23/h3-10,13-14,31H,11-12H2,1-2H3/b27-26+,29-28+. The molecule has 1 N–H and O–H groups in total. The minimum Gasteiger partial charge on any atom is -0.507 e. The van der Waals surface area contributed by atoms with Crippen LogP contribution in [-0.2, 0) is 4.74 Å². The van der Waals surface area contributed by atoms with Crippen LogP contribution in [0.4, 0.5) is 32.8 Å². The summed E-state index contributed by atoms with van der Waals surface area (Å²) in [6.45, 7) is 1.06. The maximum absolute atomic E-state index is 14.4. The summed E-state index contributed by atoms with van der Waals surface area (Å²) in [6.07, 6.45) is 0. The molecule has 1 aliphatic rings. The lowest BCUT2D eigenvalue weighted by molar-refractivity contribution is 0.346. The van der Waals surface area contributed by atoms with Gasteiger partial charge < -0.3 is 14.7 Å². The second-order valence-corrected chi connectivity index (χ2v) is 7.18. The first kappa shape index (κ1) is 21.1. The summed E-state index contributed by atoms with van der Waals surface area (Å²) in [6, 6.07) is 16.5. The molecular weight excluding hydrogens is 411 g/mol. The summed E-state index contributed by atoms with van der Waals surface area (Å²) >= 11 is 0. The number of aromatic hydroxyl groups is 1. The maximum atomic E-state index is 14.4. The van der Waals surface area contributed by atoms with Gasteiger partial charge in [-0.05, 0) is 48.5 Å². The smallest absolute Gasteiger partial charge is 0.220 e. The monoisotopic (exact) mass is 432 g/mol. The Hall–Kier alpha value is -4.14. The number of halogens is 1. The molecule has 0 spiro atoms. The number of azo groups is 2. The van der Waals surface area contributed by atoms with Crippen LogP contribution >= 0.6 is 0 Å². The van der Waals surface area contributed by atoms with Crippen molar-refractivity contribution in [2.45, 2.75) is 0 Å². The molecule has 1 aliphatic heterocycles. The molecule has 3 aromatic carbocycles. The average Bonchev–Trinajstić information content (AvgIpc) is 3.32. The number of ether oxygens (including phenoxy) is 1. The molecule has 32 heavy (non-hydrogen) atoms. The topological polar surface area (TPSA) is 94.5 Å². The predicted octanol–water partition coefficient (Wildman–Crippen LogP) is 6.20. The lowest BCUT2D eigenvalue weighted by Crippen LogP contribution is -2.07. The molecule has 3 aromatic rings. The van der Waals surface area contributed by atoms with Crippen molar-refractivity contribution in [3.63, 3.8) is 0 Å². The summed E-state index contributed by atoms with van der Waals surface area (Å²) in [5.74, 6) is -0.213. The van der Waals surface area contributed by atoms with E-state index in [0.717, 1.165) is 5.69 Å². The third kappa shape index (κ3) is 4.94. The van der Waals surface area contributed by atoms with Crippen LogP contribution < -0.4 is 4.90 Å². The zero-order chi connectivity index (χ0) is 22.5. The number of rotatable bonds is 6. The molecule has 0 bridgehead atoms. The van der Waals surface area contributed by atoms with E-state index in [0.29, 0.717) is 41.7 Å². The van der Waals surface area contributed by atoms with Gasteiger partial charge in [-0.15, -0.1) is 5.11 Å². The number of phenols is 1. The minimum absolute atomic E-state index is 0.0306. The summed E-state index contributed by atoms with van der Waals surface area (Å²) in [5.41, 5.74) is 2.97. The second kappa shape index (κ2) is 9.34. The molecule has 0 aromatic heterocycles. The van der Waals surface area contributed by atoms with Crippen LogP contribution in [0.25, 0.3) is 0 Å². The summed E-state index contributed by atoms with van der Waals surface area (Å²) in [5, 5.41) is 26.3. The van der Waals surface area contributed by atoms with Gasteiger partial charge in [-0.3, -0.25) is 0 Å². The van der Waals surface area contributed by atoms with Gasteiger partial charge in [0.1, 0.15) is 18.0 Å². The van der Waals surface area contributed by atoms with Crippen LogP contribution in [0.3, 0.4) is 0 Å². The van der Waals surface area contributed by atoms with Crippen molar-refractivity contribution in [2.24, 2.45) is 25.4 Å². The van der Waals surface area contributed by atoms with Crippen LogP contribution in [0.15, 0.2) is 86.1 Å². The Labute approximate surface area is 184 Å². The third-order valence-corrected chi connectivity index (χ3v) is 4.65. The largest absolute Gasteiger partial charge is 0.507 e. The predicted molar refractivity (Wildman–Crippen MR) is 121 cm³/mol. The Morgan fingerprint density at radius 3 is 2.19 bits per heavy atom. The Morgan fingerprint density at radius 2 is 1.53 bits per heavy atom. The first-order valence-corrected chi connectivity index (χ1v) is 9.91. The molecule has 8 nitrogen and oxygen atoms in total. The minimum atomic E-state index is -0.581. The van der Waals surface area contributed by atoms with Gasteiger partial charge in [0.15, 0.2) is 5.82 Å². The molecule has 162 valence electrons. The highest BCUT2D eigenvalue weighted by atomic mass is 19.1. The zero-order valence-electron chi connectivity index (χ0n) is 17.6. The van der Waals surface area contributed by atoms with Gasteiger partial charge in [0.25, 0.3) is 0 Å². The van der Waals surface area contributed by atoms with Crippen molar-refractivity contribution in [3.8, 4) is 5.75 Å². The molecular formula is C23H21FN6O2. The Morgan fingerprint density at radius 1 is 0.875 bits per heavy atom. The van der Waals surface area contributed by atoms with E-state index in [1.165, 1.54) is 18.2 Å². The Kier molecular flexibility index (Phi) is 6.16. The maximum Gasteiger partial charge on any atom is 0.220 e. The van der Waals surface area contributed by atoms with Crippen LogP contribution in [0.5, 0.6) is 5.75 Å². The summed E-state index contributed by atoms with van der Waals surface area (Å²) in [7, 11) is 3.91. The number of hydrogen-bond acceptors (Lipinski definition) is 8. The van der Waals surface area contributed by atoms with E-state index in [9.17, 15) is 9.50 Å². The Bertz CT molecular complexity index is 1210. The number of benzene rings is 3. The van der Waals surface area contributed by atoms with E-state index >= 15 is 0 Å². The van der Waals surface area contributed by atoms with Gasteiger partial charge in [0, 0.05) is 31.9 Å². The number of nitrogens with zero attached hydrogens (tertiary/aromatic N) is 6. The first-order valence-electron chi connectivity index (χ1n) is 9.91. The number of anilines is 1. The molecule has 0 saturated carbocycles. The highest BCUT2D eigenvalue weighted by molar-refractivity contribution is 5.97. The lowest BCUT2D eigenvalue weighted by Gasteiger charge is -2.11. The average molecular weight is 432 g/mol. The van der Waals surface area contributed by atoms with Crippen molar-refractivity contribution in [2.75, 3.05) is 32.1 Å². The highest BCUT2D eigenvalue weighted by Gasteiger charge is 2.14. The fraction of sp³-hybridized carbons (Fsp3) is 0.174. The number of hydrogen-bond donors (Lipinski definition) is 1.